The predicted molar refractivity (Wildman–Crippen MR) is 127 cm³/mol. The van der Waals surface area contributed by atoms with E-state index in [1.807, 2.05) is 0 Å². The molecule has 0 aliphatic rings. The summed E-state index contributed by atoms with van der Waals surface area (Å²) in [6.07, 6.45) is 1.20. The number of hydrogen-bond acceptors (Lipinski definition) is 9. The van der Waals surface area contributed by atoms with E-state index in [4.69, 9.17) is 11.6 Å². The summed E-state index contributed by atoms with van der Waals surface area (Å²) >= 11 is 6.48. The molecule has 0 radical (unpaired) electrons. The maximum atomic E-state index is 13.0. The van der Waals surface area contributed by atoms with Gasteiger partial charge in [0.05, 0.1) is 34.7 Å². The number of carbonyl (C=O) groups excluding carboxylic acids is 2. The number of alkyl halides is 3. The van der Waals surface area contributed by atoms with E-state index in [-0.39, 0.29) is 22.1 Å². The molecule has 0 saturated heterocycles. The van der Waals surface area contributed by atoms with Gasteiger partial charge in [-0.1, -0.05) is 11.6 Å². The summed E-state index contributed by atoms with van der Waals surface area (Å²) in [5, 5.41) is 14.7. The van der Waals surface area contributed by atoms with Crippen LogP contribution in [0.15, 0.2) is 49.3 Å². The van der Waals surface area contributed by atoms with Gasteiger partial charge in [-0.05, 0) is 25.1 Å². The number of aromatic nitrogens is 5. The minimum Gasteiger partial charge on any atom is -0.506 e. The van der Waals surface area contributed by atoms with Crippen LogP contribution in [-0.2, 0) is 6.18 Å². The molecule has 1 atom stereocenters. The Morgan fingerprint density at radius 2 is 1.86 bits per heavy atom. The lowest BCUT2D eigenvalue weighted by atomic mass is 10.1. The van der Waals surface area contributed by atoms with Crippen molar-refractivity contribution >= 4 is 40.6 Å². The Kier molecular flexibility index (Phi) is 7.31. The number of carbonyl (C=O) groups is 2. The van der Waals surface area contributed by atoms with Crippen molar-refractivity contribution in [2.24, 2.45) is 0 Å². The van der Waals surface area contributed by atoms with Crippen LogP contribution in [0.4, 0.5) is 19.0 Å². The SMILES string of the molecule is CC(NC(=O)c1cc(-c2ccncc2O)ncn1)c1ncc(C(=O)Nc2cc(C(F)(F)F)c(Cl)cn2)s1. The highest BCUT2D eigenvalue weighted by atomic mass is 35.5. The number of amides is 2. The molecule has 0 fully saturated rings. The van der Waals surface area contributed by atoms with Gasteiger partial charge < -0.3 is 15.7 Å². The Bertz CT molecular complexity index is 1480. The number of rotatable bonds is 6. The molecule has 2 amide bonds. The van der Waals surface area contributed by atoms with Gasteiger partial charge in [0.25, 0.3) is 11.8 Å². The topological polar surface area (TPSA) is 143 Å². The van der Waals surface area contributed by atoms with Crippen LogP contribution in [-0.4, -0.2) is 41.8 Å². The Balaban J connectivity index is 1.44. The van der Waals surface area contributed by atoms with E-state index in [0.29, 0.717) is 22.3 Å². The number of anilines is 1. The van der Waals surface area contributed by atoms with Gasteiger partial charge in [0, 0.05) is 18.0 Å². The second kappa shape index (κ2) is 10.4. The Morgan fingerprint density at radius 1 is 1.08 bits per heavy atom. The molecule has 0 bridgehead atoms. The molecule has 4 aromatic rings. The van der Waals surface area contributed by atoms with E-state index in [1.54, 1.807) is 6.92 Å². The van der Waals surface area contributed by atoms with Crippen LogP contribution in [0, 0.1) is 0 Å². The van der Waals surface area contributed by atoms with E-state index in [0.717, 1.165) is 17.5 Å². The van der Waals surface area contributed by atoms with Crippen LogP contribution < -0.4 is 10.6 Å². The molecule has 3 N–H and O–H groups in total. The molecular weight excluding hydrogens is 535 g/mol. The fourth-order valence-electron chi connectivity index (χ4n) is 3.06. The van der Waals surface area contributed by atoms with Crippen LogP contribution in [0.3, 0.4) is 0 Å². The zero-order valence-electron chi connectivity index (χ0n) is 18.6. The second-order valence-corrected chi connectivity index (χ2v) is 8.91. The maximum absolute atomic E-state index is 13.0. The van der Waals surface area contributed by atoms with Crippen LogP contribution in [0.5, 0.6) is 5.75 Å². The summed E-state index contributed by atoms with van der Waals surface area (Å²) in [5.41, 5.74) is -0.428. The van der Waals surface area contributed by atoms with Gasteiger partial charge in [-0.2, -0.15) is 13.2 Å². The van der Waals surface area contributed by atoms with Crippen molar-refractivity contribution in [2.45, 2.75) is 19.1 Å². The first-order chi connectivity index (χ1) is 17.5. The minimum atomic E-state index is -4.71. The van der Waals surface area contributed by atoms with E-state index in [9.17, 15) is 27.9 Å². The van der Waals surface area contributed by atoms with Crippen LogP contribution in [0.25, 0.3) is 11.3 Å². The highest BCUT2D eigenvalue weighted by Crippen LogP contribution is 2.35. The smallest absolute Gasteiger partial charge is 0.418 e. The molecule has 1 unspecified atom stereocenters. The minimum absolute atomic E-state index is 0.0249. The lowest BCUT2D eigenvalue weighted by molar-refractivity contribution is -0.137. The zero-order chi connectivity index (χ0) is 26.7. The van der Waals surface area contributed by atoms with Crippen molar-refractivity contribution in [3.8, 4) is 17.0 Å². The molecule has 15 heteroatoms. The number of thiazole rings is 1. The van der Waals surface area contributed by atoms with Crippen molar-refractivity contribution in [1.29, 1.82) is 0 Å². The summed E-state index contributed by atoms with van der Waals surface area (Å²) in [7, 11) is 0. The van der Waals surface area contributed by atoms with Crippen molar-refractivity contribution < 1.29 is 27.9 Å². The molecule has 190 valence electrons. The fourth-order valence-corrected chi connectivity index (χ4v) is 4.08. The number of nitrogens with zero attached hydrogens (tertiary/aromatic N) is 5. The number of aromatic hydroxyl groups is 1. The van der Waals surface area contributed by atoms with Gasteiger partial charge in [0.2, 0.25) is 0 Å². The molecule has 37 heavy (non-hydrogen) atoms. The highest BCUT2D eigenvalue weighted by molar-refractivity contribution is 7.13. The van der Waals surface area contributed by atoms with Crippen molar-refractivity contribution in [3.05, 3.63) is 75.5 Å². The zero-order valence-corrected chi connectivity index (χ0v) is 20.2. The lowest BCUT2D eigenvalue weighted by Gasteiger charge is -2.11. The maximum Gasteiger partial charge on any atom is 0.418 e. The molecule has 0 aliphatic carbocycles. The molecule has 10 nitrogen and oxygen atoms in total. The Labute approximate surface area is 215 Å². The number of pyridine rings is 2. The third-order valence-electron chi connectivity index (χ3n) is 4.84. The molecular formula is C22H15ClF3N7O3S. The third kappa shape index (κ3) is 5.98. The van der Waals surface area contributed by atoms with E-state index < -0.39 is 34.6 Å². The first-order valence-corrected chi connectivity index (χ1v) is 11.5. The van der Waals surface area contributed by atoms with E-state index in [2.05, 4.69) is 35.6 Å². The molecule has 0 aromatic carbocycles. The van der Waals surface area contributed by atoms with Crippen molar-refractivity contribution in [2.75, 3.05) is 5.32 Å². The third-order valence-corrected chi connectivity index (χ3v) is 6.32. The van der Waals surface area contributed by atoms with Crippen LogP contribution >= 0.6 is 22.9 Å². The van der Waals surface area contributed by atoms with Gasteiger partial charge in [0.1, 0.15) is 33.5 Å². The highest BCUT2D eigenvalue weighted by Gasteiger charge is 2.34. The molecule has 0 aliphatic heterocycles. The van der Waals surface area contributed by atoms with E-state index >= 15 is 0 Å². The molecule has 0 saturated carbocycles. The number of halogens is 4. The summed E-state index contributed by atoms with van der Waals surface area (Å²) in [5.74, 6) is -1.74. The van der Waals surface area contributed by atoms with E-state index in [1.165, 1.54) is 37.1 Å². The van der Waals surface area contributed by atoms with Gasteiger partial charge >= 0.3 is 6.18 Å². The summed E-state index contributed by atoms with van der Waals surface area (Å²) in [6, 6.07) is 2.92. The average Bonchev–Trinajstić information content (AvgIpc) is 3.36. The van der Waals surface area contributed by atoms with Crippen molar-refractivity contribution in [3.63, 3.8) is 0 Å². The van der Waals surface area contributed by atoms with Gasteiger partial charge in [-0.3, -0.25) is 14.6 Å². The monoisotopic (exact) mass is 549 g/mol. The normalized spacial score (nSPS) is 12.1. The Hall–Kier alpha value is -4.17. The number of nitrogens with one attached hydrogen (secondary N) is 2. The molecule has 4 rings (SSSR count). The molecule has 4 heterocycles. The molecule has 4 aromatic heterocycles. The number of hydrogen-bond donors (Lipinski definition) is 3. The summed E-state index contributed by atoms with van der Waals surface area (Å²) in [4.78, 5) is 45.0. The molecule has 0 spiro atoms. The van der Waals surface area contributed by atoms with Gasteiger partial charge in [-0.15, -0.1) is 11.3 Å². The lowest BCUT2D eigenvalue weighted by Crippen LogP contribution is -2.27. The first kappa shape index (κ1) is 25.9. The predicted octanol–water partition coefficient (Wildman–Crippen LogP) is 4.51. The first-order valence-electron chi connectivity index (χ1n) is 10.3. The van der Waals surface area contributed by atoms with Gasteiger partial charge in [-0.25, -0.2) is 19.9 Å². The quantitative estimate of drug-likeness (QED) is 0.319. The second-order valence-electron chi connectivity index (χ2n) is 7.44. The summed E-state index contributed by atoms with van der Waals surface area (Å²) in [6.45, 7) is 1.63. The fraction of sp³-hybridized carbons (Fsp3) is 0.136. The summed E-state index contributed by atoms with van der Waals surface area (Å²) < 4.78 is 39.1. The largest absolute Gasteiger partial charge is 0.506 e. The van der Waals surface area contributed by atoms with Crippen molar-refractivity contribution in [1.82, 2.24) is 30.2 Å². The standard InChI is InChI=1S/C22H15ClF3N7O3S/c1-10(32-19(35)15-5-14(30-9-31-15)11-2-3-27-7-16(11)34)21-29-8-17(37-21)20(36)33-18-4-12(22(24,25)26)13(23)6-28-18/h2-10,34H,1H3,(H,32,35)(H,28,33,36). The van der Waals surface area contributed by atoms with Crippen LogP contribution in [0.2, 0.25) is 5.02 Å². The average molecular weight is 550 g/mol. The Morgan fingerprint density at radius 3 is 2.59 bits per heavy atom. The van der Waals surface area contributed by atoms with Gasteiger partial charge in [0.15, 0.2) is 0 Å². The van der Waals surface area contributed by atoms with Crippen LogP contribution in [0.1, 0.15) is 43.7 Å².